The van der Waals surface area contributed by atoms with Crippen LogP contribution in [0.5, 0.6) is 0 Å². The zero-order valence-corrected chi connectivity index (χ0v) is 12.3. The van der Waals surface area contributed by atoms with E-state index < -0.39 is 0 Å². The standard InChI is InChI=1S/C13H22BrN3/c1-3-5-6-10(4-2)7-17-13-11(14)8-16-9-12(13)15/h8-10H,3-7,15H2,1-2H3,(H,16,17). The number of pyridine rings is 1. The molecule has 0 spiro atoms. The normalized spacial score (nSPS) is 12.4. The molecule has 4 heteroatoms. The molecule has 0 radical (unpaired) electrons. The van der Waals surface area contributed by atoms with Crippen LogP contribution in [-0.4, -0.2) is 11.5 Å². The van der Waals surface area contributed by atoms with Crippen LogP contribution in [0.2, 0.25) is 0 Å². The van der Waals surface area contributed by atoms with E-state index in [-0.39, 0.29) is 0 Å². The molecular formula is C13H22BrN3. The number of halogens is 1. The zero-order valence-electron chi connectivity index (χ0n) is 10.7. The van der Waals surface area contributed by atoms with Gasteiger partial charge in [0.2, 0.25) is 0 Å². The summed E-state index contributed by atoms with van der Waals surface area (Å²) in [4.78, 5) is 4.03. The van der Waals surface area contributed by atoms with Crippen LogP contribution in [-0.2, 0) is 0 Å². The Labute approximate surface area is 112 Å². The molecule has 1 aromatic heterocycles. The van der Waals surface area contributed by atoms with Crippen molar-refractivity contribution in [1.82, 2.24) is 4.98 Å². The third-order valence-corrected chi connectivity index (χ3v) is 3.64. The van der Waals surface area contributed by atoms with Crippen LogP contribution in [0.25, 0.3) is 0 Å². The molecular weight excluding hydrogens is 278 g/mol. The van der Waals surface area contributed by atoms with Gasteiger partial charge in [-0.2, -0.15) is 0 Å². The van der Waals surface area contributed by atoms with Crippen molar-refractivity contribution in [1.29, 1.82) is 0 Å². The molecule has 1 heterocycles. The van der Waals surface area contributed by atoms with Gasteiger partial charge in [-0.05, 0) is 28.3 Å². The number of nitrogen functional groups attached to an aromatic ring is 1. The van der Waals surface area contributed by atoms with E-state index in [9.17, 15) is 0 Å². The molecule has 0 aliphatic rings. The SMILES string of the molecule is CCCCC(CC)CNc1c(N)cncc1Br. The maximum Gasteiger partial charge on any atom is 0.0750 e. The number of aromatic nitrogens is 1. The monoisotopic (exact) mass is 299 g/mol. The first-order chi connectivity index (χ1) is 8.19. The summed E-state index contributed by atoms with van der Waals surface area (Å²) >= 11 is 3.47. The van der Waals surface area contributed by atoms with Gasteiger partial charge in [-0.1, -0.05) is 33.1 Å². The number of nitrogens with two attached hydrogens (primary N) is 1. The average Bonchev–Trinajstić information content (AvgIpc) is 2.32. The summed E-state index contributed by atoms with van der Waals surface area (Å²) in [5.41, 5.74) is 7.56. The van der Waals surface area contributed by atoms with Gasteiger partial charge in [0.15, 0.2) is 0 Å². The molecule has 1 aromatic rings. The second kappa shape index (κ2) is 7.54. The predicted molar refractivity (Wildman–Crippen MR) is 78.1 cm³/mol. The number of anilines is 2. The van der Waals surface area contributed by atoms with E-state index in [1.54, 1.807) is 12.4 Å². The van der Waals surface area contributed by atoms with Gasteiger partial charge >= 0.3 is 0 Å². The Kier molecular flexibility index (Phi) is 6.34. The third-order valence-electron chi connectivity index (χ3n) is 3.04. The van der Waals surface area contributed by atoms with Crippen molar-refractivity contribution in [2.45, 2.75) is 39.5 Å². The first kappa shape index (κ1) is 14.3. The van der Waals surface area contributed by atoms with E-state index in [0.29, 0.717) is 5.69 Å². The van der Waals surface area contributed by atoms with Crippen molar-refractivity contribution in [3.63, 3.8) is 0 Å². The lowest BCUT2D eigenvalue weighted by atomic mass is 9.99. The van der Waals surface area contributed by atoms with Crippen molar-refractivity contribution in [2.75, 3.05) is 17.6 Å². The number of rotatable bonds is 7. The highest BCUT2D eigenvalue weighted by Gasteiger charge is 2.09. The van der Waals surface area contributed by atoms with E-state index in [1.165, 1.54) is 25.7 Å². The molecule has 0 saturated heterocycles. The quantitative estimate of drug-likeness (QED) is 0.798. The maximum atomic E-state index is 5.89. The molecule has 1 rings (SSSR count). The topological polar surface area (TPSA) is 50.9 Å². The van der Waals surface area contributed by atoms with Crippen LogP contribution in [0.1, 0.15) is 39.5 Å². The van der Waals surface area contributed by atoms with Gasteiger partial charge in [0.25, 0.3) is 0 Å². The van der Waals surface area contributed by atoms with Gasteiger partial charge < -0.3 is 11.1 Å². The third kappa shape index (κ3) is 4.54. The van der Waals surface area contributed by atoms with Crippen molar-refractivity contribution < 1.29 is 0 Å². The lowest BCUT2D eigenvalue weighted by molar-refractivity contribution is 0.473. The largest absolute Gasteiger partial charge is 0.396 e. The number of hydrogen-bond donors (Lipinski definition) is 2. The molecule has 3 nitrogen and oxygen atoms in total. The minimum Gasteiger partial charge on any atom is -0.396 e. The van der Waals surface area contributed by atoms with Gasteiger partial charge in [0.05, 0.1) is 22.0 Å². The lowest BCUT2D eigenvalue weighted by Gasteiger charge is -2.17. The van der Waals surface area contributed by atoms with Gasteiger partial charge in [0.1, 0.15) is 0 Å². The van der Waals surface area contributed by atoms with Crippen molar-refractivity contribution in [3.8, 4) is 0 Å². The minimum absolute atomic E-state index is 0.699. The van der Waals surface area contributed by atoms with Gasteiger partial charge in [-0.15, -0.1) is 0 Å². The molecule has 1 unspecified atom stereocenters. The lowest BCUT2D eigenvalue weighted by Crippen LogP contribution is -2.15. The van der Waals surface area contributed by atoms with Crippen LogP contribution in [0.15, 0.2) is 16.9 Å². The summed E-state index contributed by atoms with van der Waals surface area (Å²) < 4.78 is 0.933. The predicted octanol–water partition coefficient (Wildman–Crippen LogP) is 4.05. The Balaban J connectivity index is 2.53. The summed E-state index contributed by atoms with van der Waals surface area (Å²) in [5.74, 6) is 0.717. The summed E-state index contributed by atoms with van der Waals surface area (Å²) in [6, 6.07) is 0. The molecule has 17 heavy (non-hydrogen) atoms. The molecule has 0 saturated carbocycles. The Morgan fingerprint density at radius 2 is 2.18 bits per heavy atom. The fourth-order valence-electron chi connectivity index (χ4n) is 1.83. The highest BCUT2D eigenvalue weighted by molar-refractivity contribution is 9.10. The molecule has 1 atom stereocenters. The van der Waals surface area contributed by atoms with E-state index in [4.69, 9.17) is 5.73 Å². The second-order valence-corrected chi connectivity index (χ2v) is 5.24. The van der Waals surface area contributed by atoms with Crippen LogP contribution < -0.4 is 11.1 Å². The average molecular weight is 300 g/mol. The highest BCUT2D eigenvalue weighted by Crippen LogP contribution is 2.27. The molecule has 96 valence electrons. The van der Waals surface area contributed by atoms with Crippen molar-refractivity contribution >= 4 is 27.3 Å². The number of nitrogens with zero attached hydrogens (tertiary/aromatic N) is 1. The van der Waals surface area contributed by atoms with Crippen LogP contribution in [0.3, 0.4) is 0 Å². The number of unbranched alkanes of at least 4 members (excludes halogenated alkanes) is 1. The van der Waals surface area contributed by atoms with E-state index in [2.05, 4.69) is 40.1 Å². The highest BCUT2D eigenvalue weighted by atomic mass is 79.9. The maximum absolute atomic E-state index is 5.89. The van der Waals surface area contributed by atoms with Crippen LogP contribution in [0, 0.1) is 5.92 Å². The molecule has 0 amide bonds. The van der Waals surface area contributed by atoms with Gasteiger partial charge in [-0.25, -0.2) is 0 Å². The Bertz CT molecular complexity index is 321. The smallest absolute Gasteiger partial charge is 0.0750 e. The Morgan fingerprint density at radius 1 is 1.41 bits per heavy atom. The summed E-state index contributed by atoms with van der Waals surface area (Å²) in [6.07, 6.45) is 8.49. The van der Waals surface area contributed by atoms with E-state index >= 15 is 0 Å². The molecule has 0 aliphatic carbocycles. The summed E-state index contributed by atoms with van der Waals surface area (Å²) in [7, 11) is 0. The van der Waals surface area contributed by atoms with Crippen molar-refractivity contribution in [2.24, 2.45) is 5.92 Å². The molecule has 0 bridgehead atoms. The van der Waals surface area contributed by atoms with Crippen molar-refractivity contribution in [3.05, 3.63) is 16.9 Å². The minimum atomic E-state index is 0.699. The fourth-order valence-corrected chi connectivity index (χ4v) is 2.31. The first-order valence-electron chi connectivity index (χ1n) is 6.31. The first-order valence-corrected chi connectivity index (χ1v) is 7.11. The van der Waals surface area contributed by atoms with E-state index in [0.717, 1.165) is 22.6 Å². The summed E-state index contributed by atoms with van der Waals surface area (Å²) in [6.45, 7) is 5.45. The second-order valence-electron chi connectivity index (χ2n) is 4.38. The molecule has 0 fully saturated rings. The van der Waals surface area contributed by atoms with Crippen LogP contribution >= 0.6 is 15.9 Å². The molecule has 0 aromatic carbocycles. The Morgan fingerprint density at radius 3 is 2.76 bits per heavy atom. The number of nitrogens with one attached hydrogen (secondary N) is 1. The van der Waals surface area contributed by atoms with Gasteiger partial charge in [0, 0.05) is 12.7 Å². The van der Waals surface area contributed by atoms with Crippen LogP contribution in [0.4, 0.5) is 11.4 Å². The number of hydrogen-bond acceptors (Lipinski definition) is 3. The zero-order chi connectivity index (χ0) is 12.7. The Hall–Kier alpha value is -0.770. The van der Waals surface area contributed by atoms with E-state index in [1.807, 2.05) is 0 Å². The molecule has 0 aliphatic heterocycles. The fraction of sp³-hybridized carbons (Fsp3) is 0.615. The van der Waals surface area contributed by atoms with Gasteiger partial charge in [-0.3, -0.25) is 4.98 Å². The molecule has 3 N–H and O–H groups in total. The summed E-state index contributed by atoms with van der Waals surface area (Å²) in [5, 5.41) is 3.43.